The first-order valence-corrected chi connectivity index (χ1v) is 14.4. The number of rotatable bonds is 8. The second-order valence-electron chi connectivity index (χ2n) is 11.9. The molecule has 1 aromatic carbocycles. The van der Waals surface area contributed by atoms with Crippen LogP contribution in [0.4, 0.5) is 15.4 Å². The number of pyridine rings is 1. The van der Waals surface area contributed by atoms with Crippen LogP contribution in [0.25, 0.3) is 11.3 Å². The number of benzene rings is 1. The summed E-state index contributed by atoms with van der Waals surface area (Å²) in [7, 11) is 0. The van der Waals surface area contributed by atoms with Crippen molar-refractivity contribution in [3.8, 4) is 22.8 Å². The number of hydrogen-bond donors (Lipinski definition) is 2. The molecular formula is C31H40N4O6. The van der Waals surface area contributed by atoms with Gasteiger partial charge in [0.1, 0.15) is 22.9 Å². The van der Waals surface area contributed by atoms with Gasteiger partial charge in [0.05, 0.1) is 31.0 Å². The highest BCUT2D eigenvalue weighted by molar-refractivity contribution is 5.93. The maximum atomic E-state index is 13.1. The summed E-state index contributed by atoms with van der Waals surface area (Å²) in [6, 6.07) is 6.75. The van der Waals surface area contributed by atoms with Crippen LogP contribution in [0.3, 0.4) is 0 Å². The molecule has 3 amide bonds. The van der Waals surface area contributed by atoms with Gasteiger partial charge in [-0.05, 0) is 89.6 Å². The molecule has 2 fully saturated rings. The fourth-order valence-corrected chi connectivity index (χ4v) is 5.31. The van der Waals surface area contributed by atoms with E-state index in [1.54, 1.807) is 17.0 Å². The Labute approximate surface area is 241 Å². The van der Waals surface area contributed by atoms with Gasteiger partial charge in [0.25, 0.3) is 0 Å². The molecule has 10 heteroatoms. The molecule has 3 heterocycles. The van der Waals surface area contributed by atoms with E-state index in [4.69, 9.17) is 19.2 Å². The third-order valence-electron chi connectivity index (χ3n) is 7.50. The molecule has 0 spiro atoms. The molecule has 5 rings (SSSR count). The van der Waals surface area contributed by atoms with E-state index < -0.39 is 11.6 Å². The van der Waals surface area contributed by atoms with E-state index in [0.717, 1.165) is 36.8 Å². The quantitative estimate of drug-likeness (QED) is 0.366. The Hall–Kier alpha value is -3.95. The van der Waals surface area contributed by atoms with Crippen LogP contribution in [0.5, 0.6) is 11.5 Å². The summed E-state index contributed by atoms with van der Waals surface area (Å²) >= 11 is 0. The van der Waals surface area contributed by atoms with Crippen LogP contribution in [0, 0.1) is 5.92 Å². The SMILES string of the molecule is C=C(OCC)N1Cc2c(C3CCCN(C(=O)OC(C)(C)C)C3)cc(-c3c(O)cccc3OCC3CC3)nc2NC1=O. The van der Waals surface area contributed by atoms with Crippen LogP contribution in [0.15, 0.2) is 36.7 Å². The van der Waals surface area contributed by atoms with Crippen LogP contribution < -0.4 is 10.1 Å². The summed E-state index contributed by atoms with van der Waals surface area (Å²) in [6.45, 7) is 13.6. The fourth-order valence-electron chi connectivity index (χ4n) is 5.31. The van der Waals surface area contributed by atoms with Crippen molar-refractivity contribution in [2.45, 2.75) is 71.4 Å². The first-order valence-electron chi connectivity index (χ1n) is 14.4. The molecule has 1 atom stereocenters. The normalized spacial score (nSPS) is 18.8. The maximum absolute atomic E-state index is 13.1. The van der Waals surface area contributed by atoms with E-state index in [1.807, 2.05) is 39.8 Å². The Bertz CT molecular complexity index is 1330. The molecule has 2 N–H and O–H groups in total. The van der Waals surface area contributed by atoms with Gasteiger partial charge in [0.15, 0.2) is 5.88 Å². The number of ether oxygens (including phenoxy) is 3. The lowest BCUT2D eigenvalue weighted by Crippen LogP contribution is -2.43. The van der Waals surface area contributed by atoms with E-state index in [-0.39, 0.29) is 30.2 Å². The third-order valence-corrected chi connectivity index (χ3v) is 7.50. The molecule has 10 nitrogen and oxygen atoms in total. The minimum atomic E-state index is -0.598. The van der Waals surface area contributed by atoms with E-state index in [1.165, 1.54) is 4.90 Å². The van der Waals surface area contributed by atoms with Gasteiger partial charge in [-0.2, -0.15) is 0 Å². The topological polar surface area (TPSA) is 113 Å². The molecule has 1 saturated carbocycles. The fraction of sp³-hybridized carbons (Fsp3) is 0.516. The lowest BCUT2D eigenvalue weighted by atomic mass is 9.86. The Balaban J connectivity index is 1.56. The van der Waals surface area contributed by atoms with Gasteiger partial charge in [0.2, 0.25) is 0 Å². The van der Waals surface area contributed by atoms with Crippen molar-refractivity contribution in [1.29, 1.82) is 0 Å². The zero-order valence-electron chi connectivity index (χ0n) is 24.4. The molecule has 1 saturated heterocycles. The summed E-state index contributed by atoms with van der Waals surface area (Å²) in [5.74, 6) is 1.73. The van der Waals surface area contributed by atoms with Gasteiger partial charge in [-0.25, -0.2) is 14.6 Å². The Morgan fingerprint density at radius 3 is 2.73 bits per heavy atom. The van der Waals surface area contributed by atoms with Crippen molar-refractivity contribution < 1.29 is 28.9 Å². The molecule has 0 bridgehead atoms. The van der Waals surface area contributed by atoms with E-state index in [9.17, 15) is 14.7 Å². The molecule has 1 aliphatic carbocycles. The molecule has 0 radical (unpaired) electrons. The Kier molecular flexibility index (Phi) is 8.02. The van der Waals surface area contributed by atoms with E-state index in [0.29, 0.717) is 55.0 Å². The number of aromatic nitrogens is 1. The summed E-state index contributed by atoms with van der Waals surface area (Å²) in [5.41, 5.74) is 2.13. The van der Waals surface area contributed by atoms with Crippen molar-refractivity contribution in [2.75, 3.05) is 31.6 Å². The molecule has 3 aliphatic rings. The average Bonchev–Trinajstić information content (AvgIpc) is 3.75. The van der Waals surface area contributed by atoms with E-state index in [2.05, 4.69) is 11.9 Å². The van der Waals surface area contributed by atoms with Gasteiger partial charge in [-0.1, -0.05) is 6.07 Å². The van der Waals surface area contributed by atoms with Crippen LogP contribution in [0.1, 0.15) is 70.4 Å². The number of hydrogen-bond acceptors (Lipinski definition) is 7. The second kappa shape index (κ2) is 11.5. The second-order valence-corrected chi connectivity index (χ2v) is 11.9. The van der Waals surface area contributed by atoms with Crippen molar-refractivity contribution in [3.05, 3.63) is 47.9 Å². The number of likely N-dealkylation sites (tertiary alicyclic amines) is 1. The molecule has 220 valence electrons. The smallest absolute Gasteiger partial charge is 0.410 e. The number of carbonyl (C=O) groups excluding carboxylic acids is 2. The van der Waals surface area contributed by atoms with Crippen LogP contribution in [-0.2, 0) is 16.0 Å². The average molecular weight is 565 g/mol. The molecule has 1 unspecified atom stereocenters. The molecular weight excluding hydrogens is 524 g/mol. The largest absolute Gasteiger partial charge is 0.507 e. The number of phenolic OH excluding ortho intramolecular Hbond substituents is 1. The van der Waals surface area contributed by atoms with Gasteiger partial charge in [0, 0.05) is 24.6 Å². The number of phenols is 1. The van der Waals surface area contributed by atoms with Gasteiger partial charge in [-0.15, -0.1) is 0 Å². The summed E-state index contributed by atoms with van der Waals surface area (Å²) in [6.07, 6.45) is 3.56. The highest BCUT2D eigenvalue weighted by Crippen LogP contribution is 2.43. The van der Waals surface area contributed by atoms with Crippen LogP contribution in [0.2, 0.25) is 0 Å². The van der Waals surface area contributed by atoms with E-state index >= 15 is 0 Å². The van der Waals surface area contributed by atoms with Gasteiger partial charge in [-0.3, -0.25) is 10.2 Å². The van der Waals surface area contributed by atoms with Crippen molar-refractivity contribution in [1.82, 2.24) is 14.8 Å². The minimum absolute atomic E-state index is 0.0456. The number of fused-ring (bicyclic) bond motifs is 1. The van der Waals surface area contributed by atoms with Crippen LogP contribution >= 0.6 is 0 Å². The number of anilines is 1. The lowest BCUT2D eigenvalue weighted by Gasteiger charge is -2.37. The summed E-state index contributed by atoms with van der Waals surface area (Å²) < 4.78 is 17.3. The first kappa shape index (κ1) is 28.6. The summed E-state index contributed by atoms with van der Waals surface area (Å²) in [5, 5.41) is 13.9. The van der Waals surface area contributed by atoms with Gasteiger partial charge < -0.3 is 24.2 Å². The molecule has 2 aromatic rings. The number of nitrogens with one attached hydrogen (secondary N) is 1. The third kappa shape index (κ3) is 6.52. The highest BCUT2D eigenvalue weighted by atomic mass is 16.6. The number of amides is 3. The van der Waals surface area contributed by atoms with Crippen LogP contribution in [-0.4, -0.2) is 63.9 Å². The Morgan fingerprint density at radius 2 is 2.02 bits per heavy atom. The molecule has 2 aliphatic heterocycles. The first-order chi connectivity index (χ1) is 19.5. The number of nitrogens with zero attached hydrogens (tertiary/aromatic N) is 3. The zero-order chi connectivity index (χ0) is 29.3. The van der Waals surface area contributed by atoms with Crippen molar-refractivity contribution in [3.63, 3.8) is 0 Å². The van der Waals surface area contributed by atoms with Gasteiger partial charge >= 0.3 is 12.1 Å². The predicted molar refractivity (Wildman–Crippen MR) is 155 cm³/mol. The zero-order valence-corrected chi connectivity index (χ0v) is 24.4. The number of aromatic hydroxyl groups is 1. The Morgan fingerprint density at radius 1 is 1.24 bits per heavy atom. The highest BCUT2D eigenvalue weighted by Gasteiger charge is 2.35. The monoisotopic (exact) mass is 564 g/mol. The molecule has 41 heavy (non-hydrogen) atoms. The minimum Gasteiger partial charge on any atom is -0.507 e. The number of piperidine rings is 1. The lowest BCUT2D eigenvalue weighted by molar-refractivity contribution is 0.0198. The summed E-state index contributed by atoms with van der Waals surface area (Å²) in [4.78, 5) is 34.1. The standard InChI is InChI=1S/C31H40N4O6/c1-6-39-19(2)35-17-23-22(21-9-8-14-34(16-21)30(38)41-31(3,4)5)15-24(32-28(23)33-29(35)37)27-25(36)10-7-11-26(27)40-18-20-12-13-20/h7,10-11,15,20-21,36H,2,6,8-9,12-14,16-18H2,1,3-5H3,(H,32,33,37). The predicted octanol–water partition coefficient (Wildman–Crippen LogP) is 6.21. The van der Waals surface area contributed by atoms with Crippen molar-refractivity contribution >= 4 is 17.9 Å². The number of carbonyl (C=O) groups is 2. The molecule has 1 aromatic heterocycles. The maximum Gasteiger partial charge on any atom is 0.410 e. The number of urea groups is 1. The van der Waals surface area contributed by atoms with Crippen molar-refractivity contribution in [2.24, 2.45) is 5.92 Å².